The molecule has 0 saturated carbocycles. The lowest BCUT2D eigenvalue weighted by Crippen LogP contribution is -2.35. The van der Waals surface area contributed by atoms with Crippen LogP contribution in [0.4, 0.5) is 4.39 Å². The summed E-state index contributed by atoms with van der Waals surface area (Å²) < 4.78 is 14.8. The topological polar surface area (TPSA) is 59.0 Å². The van der Waals surface area contributed by atoms with Crippen molar-refractivity contribution in [1.82, 2.24) is 20.4 Å². The normalized spacial score (nSPS) is 13.6. The third-order valence-electron chi connectivity index (χ3n) is 3.90. The van der Waals surface area contributed by atoms with Crippen LogP contribution in [0, 0.1) is 18.7 Å². The van der Waals surface area contributed by atoms with Crippen molar-refractivity contribution in [2.45, 2.75) is 26.8 Å². The van der Waals surface area contributed by atoms with Gasteiger partial charge in [-0.3, -0.25) is 4.79 Å². The molecule has 23 heavy (non-hydrogen) atoms. The van der Waals surface area contributed by atoms with E-state index in [9.17, 15) is 9.18 Å². The molecule has 1 amide bonds. The second-order valence-corrected chi connectivity index (χ2v) is 5.76. The number of rotatable bonds is 6. The molecule has 2 unspecified atom stereocenters. The van der Waals surface area contributed by atoms with E-state index in [2.05, 4.69) is 15.7 Å². The summed E-state index contributed by atoms with van der Waals surface area (Å²) in [5, 5.41) is 10.4. The Morgan fingerprint density at radius 3 is 2.57 bits per heavy atom. The van der Waals surface area contributed by atoms with Gasteiger partial charge in [0.2, 0.25) is 5.91 Å². The van der Waals surface area contributed by atoms with Crippen molar-refractivity contribution in [3.8, 4) is 5.69 Å². The standard InChI is InChI=1S/C17H23FN4O/c1-11(9-19-4)17(23)21-12(2)16-10-20-22(13(16)3)15-7-5-14(18)6-8-15/h5-8,10-12,19H,9H2,1-4H3,(H,21,23). The molecule has 1 aromatic carbocycles. The predicted octanol–water partition coefficient (Wildman–Crippen LogP) is 2.35. The van der Waals surface area contributed by atoms with Crippen LogP contribution in [0.25, 0.3) is 5.69 Å². The first kappa shape index (κ1) is 17.1. The van der Waals surface area contributed by atoms with Crippen molar-refractivity contribution in [2.75, 3.05) is 13.6 Å². The van der Waals surface area contributed by atoms with Crippen LogP contribution in [-0.4, -0.2) is 29.3 Å². The zero-order chi connectivity index (χ0) is 17.0. The van der Waals surface area contributed by atoms with Crippen LogP contribution in [-0.2, 0) is 4.79 Å². The fraction of sp³-hybridized carbons (Fsp3) is 0.412. The zero-order valence-corrected chi connectivity index (χ0v) is 13.9. The number of hydrogen-bond donors (Lipinski definition) is 2. The highest BCUT2D eigenvalue weighted by Gasteiger charge is 2.19. The van der Waals surface area contributed by atoms with Crippen LogP contribution in [0.2, 0.25) is 0 Å². The number of amides is 1. The molecule has 1 aromatic heterocycles. The number of nitrogens with one attached hydrogen (secondary N) is 2. The van der Waals surface area contributed by atoms with Gasteiger partial charge in [0.05, 0.1) is 17.9 Å². The molecule has 0 spiro atoms. The van der Waals surface area contributed by atoms with Crippen LogP contribution in [0.3, 0.4) is 0 Å². The summed E-state index contributed by atoms with van der Waals surface area (Å²) in [5.41, 5.74) is 2.65. The van der Waals surface area contributed by atoms with E-state index in [1.807, 2.05) is 27.8 Å². The van der Waals surface area contributed by atoms with Gasteiger partial charge in [0.15, 0.2) is 0 Å². The van der Waals surface area contributed by atoms with Crippen LogP contribution in [0.1, 0.15) is 31.1 Å². The molecule has 124 valence electrons. The molecular formula is C17H23FN4O. The second kappa shape index (κ2) is 7.37. The second-order valence-electron chi connectivity index (χ2n) is 5.76. The highest BCUT2D eigenvalue weighted by Crippen LogP contribution is 2.20. The molecule has 2 rings (SSSR count). The number of halogens is 1. The minimum absolute atomic E-state index is 0.000724. The average molecular weight is 318 g/mol. The fourth-order valence-electron chi connectivity index (χ4n) is 2.52. The molecular weight excluding hydrogens is 295 g/mol. The van der Waals surface area contributed by atoms with Gasteiger partial charge in [0, 0.05) is 23.7 Å². The van der Waals surface area contributed by atoms with E-state index in [4.69, 9.17) is 0 Å². The minimum atomic E-state index is -0.280. The lowest BCUT2D eigenvalue weighted by molar-refractivity contribution is -0.125. The predicted molar refractivity (Wildman–Crippen MR) is 87.9 cm³/mol. The Bertz CT molecular complexity index is 666. The number of carbonyl (C=O) groups is 1. The van der Waals surface area contributed by atoms with Gasteiger partial charge in [-0.25, -0.2) is 9.07 Å². The smallest absolute Gasteiger partial charge is 0.224 e. The number of nitrogens with zero attached hydrogens (tertiary/aromatic N) is 2. The van der Waals surface area contributed by atoms with Gasteiger partial charge in [-0.05, 0) is 45.2 Å². The molecule has 0 aliphatic carbocycles. The van der Waals surface area contributed by atoms with Gasteiger partial charge < -0.3 is 10.6 Å². The van der Waals surface area contributed by atoms with E-state index in [-0.39, 0.29) is 23.7 Å². The molecule has 0 bridgehead atoms. The molecule has 2 N–H and O–H groups in total. The van der Waals surface area contributed by atoms with Gasteiger partial charge in [0.25, 0.3) is 0 Å². The molecule has 5 nitrogen and oxygen atoms in total. The van der Waals surface area contributed by atoms with E-state index in [1.54, 1.807) is 23.0 Å². The van der Waals surface area contributed by atoms with Crippen LogP contribution in [0.5, 0.6) is 0 Å². The third-order valence-corrected chi connectivity index (χ3v) is 3.90. The summed E-state index contributed by atoms with van der Waals surface area (Å²) in [7, 11) is 1.82. The Morgan fingerprint density at radius 1 is 1.30 bits per heavy atom. The summed E-state index contributed by atoms with van der Waals surface area (Å²) in [6, 6.07) is 6.02. The number of hydrogen-bond acceptors (Lipinski definition) is 3. The van der Waals surface area contributed by atoms with Crippen LogP contribution < -0.4 is 10.6 Å². The fourth-order valence-corrected chi connectivity index (χ4v) is 2.52. The van der Waals surface area contributed by atoms with Crippen molar-refractivity contribution in [2.24, 2.45) is 5.92 Å². The van der Waals surface area contributed by atoms with E-state index in [0.717, 1.165) is 16.9 Å². The molecule has 0 aliphatic rings. The van der Waals surface area contributed by atoms with Crippen LogP contribution >= 0.6 is 0 Å². The number of benzene rings is 1. The quantitative estimate of drug-likeness (QED) is 0.859. The average Bonchev–Trinajstić information content (AvgIpc) is 2.90. The van der Waals surface area contributed by atoms with Crippen molar-refractivity contribution < 1.29 is 9.18 Å². The van der Waals surface area contributed by atoms with E-state index in [0.29, 0.717) is 6.54 Å². The maximum absolute atomic E-state index is 13.0. The van der Waals surface area contributed by atoms with E-state index in [1.165, 1.54) is 12.1 Å². The summed E-state index contributed by atoms with van der Waals surface area (Å²) in [6.45, 7) is 6.38. The molecule has 0 saturated heterocycles. The number of aromatic nitrogens is 2. The Kier molecular flexibility index (Phi) is 5.50. The summed E-state index contributed by atoms with van der Waals surface area (Å²) in [6.07, 6.45) is 1.74. The van der Waals surface area contributed by atoms with Crippen LogP contribution in [0.15, 0.2) is 30.5 Å². The molecule has 2 atom stereocenters. The molecule has 2 aromatic rings. The third kappa shape index (κ3) is 3.96. The van der Waals surface area contributed by atoms with Crippen molar-refractivity contribution in [3.05, 3.63) is 47.5 Å². The molecule has 6 heteroatoms. The van der Waals surface area contributed by atoms with E-state index < -0.39 is 0 Å². The first-order valence-electron chi connectivity index (χ1n) is 7.69. The zero-order valence-electron chi connectivity index (χ0n) is 13.9. The highest BCUT2D eigenvalue weighted by atomic mass is 19.1. The molecule has 0 radical (unpaired) electrons. The van der Waals surface area contributed by atoms with Gasteiger partial charge in [-0.1, -0.05) is 6.92 Å². The summed E-state index contributed by atoms with van der Waals surface area (Å²) in [5.74, 6) is -0.381. The van der Waals surface area contributed by atoms with Gasteiger partial charge >= 0.3 is 0 Å². The Morgan fingerprint density at radius 2 is 1.96 bits per heavy atom. The Hall–Kier alpha value is -2.21. The Balaban J connectivity index is 2.15. The maximum Gasteiger partial charge on any atom is 0.224 e. The number of carbonyl (C=O) groups excluding carboxylic acids is 1. The molecule has 0 fully saturated rings. The van der Waals surface area contributed by atoms with Crippen molar-refractivity contribution in [3.63, 3.8) is 0 Å². The summed E-state index contributed by atoms with van der Waals surface area (Å²) >= 11 is 0. The highest BCUT2D eigenvalue weighted by molar-refractivity contribution is 5.79. The van der Waals surface area contributed by atoms with Crippen molar-refractivity contribution >= 4 is 5.91 Å². The first-order chi connectivity index (χ1) is 10.9. The SMILES string of the molecule is CNCC(C)C(=O)NC(C)c1cnn(-c2ccc(F)cc2)c1C. The monoisotopic (exact) mass is 318 g/mol. The Labute approximate surface area is 135 Å². The van der Waals surface area contributed by atoms with E-state index >= 15 is 0 Å². The summed E-state index contributed by atoms with van der Waals surface area (Å²) in [4.78, 5) is 12.1. The lowest BCUT2D eigenvalue weighted by Gasteiger charge is -2.17. The molecule has 1 heterocycles. The largest absolute Gasteiger partial charge is 0.349 e. The minimum Gasteiger partial charge on any atom is -0.349 e. The maximum atomic E-state index is 13.0. The van der Waals surface area contributed by atoms with Crippen molar-refractivity contribution in [1.29, 1.82) is 0 Å². The first-order valence-corrected chi connectivity index (χ1v) is 7.69. The molecule has 0 aliphatic heterocycles. The van der Waals surface area contributed by atoms with Gasteiger partial charge in [-0.2, -0.15) is 5.10 Å². The van der Waals surface area contributed by atoms with Gasteiger partial charge in [-0.15, -0.1) is 0 Å². The van der Waals surface area contributed by atoms with Gasteiger partial charge in [0.1, 0.15) is 5.82 Å². The lowest BCUT2D eigenvalue weighted by atomic mass is 10.1.